The normalized spacial score (nSPS) is 11.1. The summed E-state index contributed by atoms with van der Waals surface area (Å²) in [5, 5.41) is 7.03. The first kappa shape index (κ1) is 15.7. The van der Waals surface area contributed by atoms with Crippen LogP contribution in [0.2, 0.25) is 0 Å². The first-order chi connectivity index (χ1) is 12.0. The van der Waals surface area contributed by atoms with Crippen molar-refractivity contribution in [2.24, 2.45) is 0 Å². The number of thiazole rings is 1. The van der Waals surface area contributed by atoms with E-state index in [-0.39, 0.29) is 17.5 Å². The summed E-state index contributed by atoms with van der Waals surface area (Å²) in [6, 6.07) is 5.79. The first-order valence-electron chi connectivity index (χ1n) is 7.25. The summed E-state index contributed by atoms with van der Waals surface area (Å²) in [6.07, 6.45) is 1.91. The number of rotatable bonds is 3. The van der Waals surface area contributed by atoms with Gasteiger partial charge in [0.15, 0.2) is 4.96 Å². The Morgan fingerprint density at radius 3 is 2.88 bits per heavy atom. The second-order valence-electron chi connectivity index (χ2n) is 5.30. The summed E-state index contributed by atoms with van der Waals surface area (Å²) in [5.41, 5.74) is 1.29. The number of aromatic nitrogens is 2. The number of thiophene rings is 1. The molecule has 0 aliphatic carbocycles. The highest BCUT2D eigenvalue weighted by atomic mass is 32.1. The minimum atomic E-state index is -0.566. The Morgan fingerprint density at radius 2 is 2.08 bits per heavy atom. The number of halogens is 1. The van der Waals surface area contributed by atoms with E-state index in [2.05, 4.69) is 15.6 Å². The van der Waals surface area contributed by atoms with Crippen molar-refractivity contribution in [2.75, 3.05) is 10.6 Å². The largest absolute Gasteiger partial charge is 0.324 e. The fraction of sp³-hybridized carbons (Fsp3) is 0.0625. The Kier molecular flexibility index (Phi) is 3.74. The van der Waals surface area contributed by atoms with Crippen molar-refractivity contribution in [1.82, 2.24) is 9.38 Å². The van der Waals surface area contributed by atoms with Gasteiger partial charge in [0.25, 0.3) is 5.91 Å². The van der Waals surface area contributed by atoms with Crippen LogP contribution < -0.4 is 10.6 Å². The zero-order valence-electron chi connectivity index (χ0n) is 12.9. The van der Waals surface area contributed by atoms with Crippen LogP contribution in [0, 0.1) is 5.82 Å². The predicted octanol–water partition coefficient (Wildman–Crippen LogP) is 3.96. The number of anilines is 2. The van der Waals surface area contributed by atoms with Crippen molar-refractivity contribution in [1.29, 1.82) is 0 Å². The van der Waals surface area contributed by atoms with Crippen molar-refractivity contribution in [3.05, 3.63) is 46.5 Å². The molecule has 0 bridgehead atoms. The van der Waals surface area contributed by atoms with E-state index in [4.69, 9.17) is 0 Å². The summed E-state index contributed by atoms with van der Waals surface area (Å²) in [5.74, 6) is -1.27. The number of imidazole rings is 1. The number of carbonyl (C=O) groups excluding carboxylic acids is 2. The molecule has 2 N–H and O–H groups in total. The van der Waals surface area contributed by atoms with Crippen LogP contribution in [0.5, 0.6) is 0 Å². The molecule has 3 heterocycles. The van der Waals surface area contributed by atoms with Crippen molar-refractivity contribution in [2.45, 2.75) is 6.92 Å². The molecule has 2 amide bonds. The molecule has 0 aliphatic heterocycles. The number of benzene rings is 1. The van der Waals surface area contributed by atoms with Gasteiger partial charge in [0.05, 0.1) is 16.1 Å². The molecule has 0 saturated carbocycles. The summed E-state index contributed by atoms with van der Waals surface area (Å²) < 4.78 is 15.6. The molecule has 0 saturated heterocycles. The molecular formula is C16H11FN4O2S2. The zero-order valence-corrected chi connectivity index (χ0v) is 14.5. The highest BCUT2D eigenvalue weighted by Crippen LogP contribution is 2.29. The second kappa shape index (κ2) is 5.94. The van der Waals surface area contributed by atoms with E-state index in [0.29, 0.717) is 10.6 Å². The van der Waals surface area contributed by atoms with Gasteiger partial charge < -0.3 is 10.6 Å². The molecular weight excluding hydrogens is 363 g/mol. The van der Waals surface area contributed by atoms with Crippen molar-refractivity contribution < 1.29 is 14.0 Å². The monoisotopic (exact) mass is 374 g/mol. The Balaban J connectivity index is 1.61. The number of fused-ring (bicyclic) bond motifs is 3. The molecule has 0 unspecified atom stereocenters. The maximum atomic E-state index is 13.7. The number of hydrogen-bond acceptors (Lipinski definition) is 5. The van der Waals surface area contributed by atoms with Crippen LogP contribution in [0.4, 0.5) is 15.8 Å². The topological polar surface area (TPSA) is 75.5 Å². The Labute approximate surface area is 148 Å². The number of nitrogens with zero attached hydrogens (tertiary/aromatic N) is 2. The first-order valence-corrected chi connectivity index (χ1v) is 8.94. The van der Waals surface area contributed by atoms with Gasteiger partial charge in [-0.15, -0.1) is 22.7 Å². The third-order valence-corrected chi connectivity index (χ3v) is 5.27. The van der Waals surface area contributed by atoms with Crippen LogP contribution in [-0.2, 0) is 4.79 Å². The van der Waals surface area contributed by atoms with E-state index in [1.807, 2.05) is 16.0 Å². The second-order valence-corrected chi connectivity index (χ2v) is 7.20. The molecule has 0 spiro atoms. The van der Waals surface area contributed by atoms with E-state index >= 15 is 0 Å². The van der Waals surface area contributed by atoms with Crippen LogP contribution in [0.3, 0.4) is 0 Å². The molecule has 126 valence electrons. The van der Waals surface area contributed by atoms with Crippen LogP contribution >= 0.6 is 22.7 Å². The average molecular weight is 374 g/mol. The van der Waals surface area contributed by atoms with Gasteiger partial charge in [-0.2, -0.15) is 0 Å². The van der Waals surface area contributed by atoms with E-state index in [9.17, 15) is 14.0 Å². The molecule has 0 atom stereocenters. The van der Waals surface area contributed by atoms with Gasteiger partial charge in [0.1, 0.15) is 10.6 Å². The Bertz CT molecular complexity index is 1130. The van der Waals surface area contributed by atoms with Crippen molar-refractivity contribution in [3.63, 3.8) is 0 Å². The fourth-order valence-electron chi connectivity index (χ4n) is 2.44. The van der Waals surface area contributed by atoms with E-state index in [0.717, 1.165) is 15.3 Å². The van der Waals surface area contributed by atoms with Gasteiger partial charge in [-0.05, 0) is 24.3 Å². The van der Waals surface area contributed by atoms with E-state index < -0.39 is 5.82 Å². The van der Waals surface area contributed by atoms with Crippen molar-refractivity contribution >= 4 is 61.2 Å². The smallest absolute Gasteiger partial charge is 0.265 e. The fourth-order valence-corrected chi connectivity index (χ4v) is 4.14. The van der Waals surface area contributed by atoms with Gasteiger partial charge in [-0.3, -0.25) is 14.0 Å². The lowest BCUT2D eigenvalue weighted by molar-refractivity contribution is -0.114. The highest BCUT2D eigenvalue weighted by Gasteiger charge is 2.16. The number of amides is 2. The zero-order chi connectivity index (χ0) is 17.6. The lowest BCUT2D eigenvalue weighted by Gasteiger charge is -2.08. The molecule has 0 radical (unpaired) electrons. The minimum absolute atomic E-state index is 0.0208. The van der Waals surface area contributed by atoms with Crippen molar-refractivity contribution in [3.8, 4) is 0 Å². The van der Waals surface area contributed by atoms with E-state index in [1.165, 1.54) is 47.8 Å². The highest BCUT2D eigenvalue weighted by molar-refractivity contribution is 7.21. The minimum Gasteiger partial charge on any atom is -0.324 e. The quantitative estimate of drug-likeness (QED) is 0.570. The summed E-state index contributed by atoms with van der Waals surface area (Å²) in [7, 11) is 0. The lowest BCUT2D eigenvalue weighted by atomic mass is 10.2. The maximum Gasteiger partial charge on any atom is 0.265 e. The van der Waals surface area contributed by atoms with Crippen LogP contribution in [-0.4, -0.2) is 21.2 Å². The standard InChI is InChI=1S/C16H11FN4O2S2/c1-8(22)18-11-6-9(2-3-10(11)17)19-14(23)13-7-12-15(25-13)20-16-21(12)4-5-24-16/h2-7H,1H3,(H,18,22)(H,19,23). The third-order valence-electron chi connectivity index (χ3n) is 3.50. The molecule has 3 aromatic heterocycles. The summed E-state index contributed by atoms with van der Waals surface area (Å²) in [6.45, 7) is 1.29. The van der Waals surface area contributed by atoms with Gasteiger partial charge in [0.2, 0.25) is 5.91 Å². The van der Waals surface area contributed by atoms with E-state index in [1.54, 1.807) is 6.07 Å². The van der Waals surface area contributed by atoms with Crippen LogP contribution in [0.15, 0.2) is 35.8 Å². The van der Waals surface area contributed by atoms with Gasteiger partial charge in [-0.25, -0.2) is 9.37 Å². The molecule has 1 aromatic carbocycles. The Hall–Kier alpha value is -2.78. The van der Waals surface area contributed by atoms with Crippen LogP contribution in [0.1, 0.15) is 16.6 Å². The molecule has 4 rings (SSSR count). The maximum absolute atomic E-state index is 13.7. The number of nitrogens with one attached hydrogen (secondary N) is 2. The average Bonchev–Trinajstić information content (AvgIpc) is 3.21. The van der Waals surface area contributed by atoms with Gasteiger partial charge in [-0.1, -0.05) is 0 Å². The summed E-state index contributed by atoms with van der Waals surface area (Å²) in [4.78, 5) is 30.2. The lowest BCUT2D eigenvalue weighted by Crippen LogP contribution is -2.12. The SMILES string of the molecule is CC(=O)Nc1cc(NC(=O)c2cc3c(nc4sccn43)s2)ccc1F. The van der Waals surface area contributed by atoms with Gasteiger partial charge in [0, 0.05) is 24.2 Å². The van der Waals surface area contributed by atoms with Crippen LogP contribution in [0.25, 0.3) is 15.3 Å². The molecule has 6 nitrogen and oxygen atoms in total. The van der Waals surface area contributed by atoms with Gasteiger partial charge >= 0.3 is 0 Å². The summed E-state index contributed by atoms with van der Waals surface area (Å²) >= 11 is 2.82. The predicted molar refractivity (Wildman–Crippen MR) is 97.1 cm³/mol. The molecule has 25 heavy (non-hydrogen) atoms. The number of hydrogen-bond donors (Lipinski definition) is 2. The molecule has 4 aromatic rings. The molecule has 0 aliphatic rings. The third kappa shape index (κ3) is 2.87. The Morgan fingerprint density at radius 1 is 1.24 bits per heavy atom. The number of carbonyl (C=O) groups is 2. The molecule has 9 heteroatoms. The molecule has 0 fully saturated rings.